The van der Waals surface area contributed by atoms with Gasteiger partial charge in [0.1, 0.15) is 5.70 Å². The van der Waals surface area contributed by atoms with Crippen LogP contribution in [-0.4, -0.2) is 47.2 Å². The van der Waals surface area contributed by atoms with Gasteiger partial charge in [-0.2, -0.15) is 13.2 Å². The zero-order chi connectivity index (χ0) is 25.7. The van der Waals surface area contributed by atoms with Crippen LogP contribution in [0.15, 0.2) is 24.3 Å². The molecule has 3 aliphatic heterocycles. The number of hydrogen-bond acceptors (Lipinski definition) is 4. The monoisotopic (exact) mass is 503 g/mol. The highest BCUT2D eigenvalue weighted by Crippen LogP contribution is 2.57. The number of benzene rings is 1. The van der Waals surface area contributed by atoms with Crippen molar-refractivity contribution in [1.82, 2.24) is 9.47 Å². The number of halogens is 3. The van der Waals surface area contributed by atoms with Gasteiger partial charge in [0.25, 0.3) is 0 Å². The first-order valence-electron chi connectivity index (χ1n) is 12.9. The Bertz CT molecular complexity index is 1230. The van der Waals surface area contributed by atoms with Crippen LogP contribution in [0, 0.1) is 5.41 Å². The number of fused-ring (bicyclic) bond motifs is 3. The Morgan fingerprint density at radius 3 is 2.72 bits per heavy atom. The van der Waals surface area contributed by atoms with Crippen molar-refractivity contribution in [3.05, 3.63) is 35.5 Å². The first-order chi connectivity index (χ1) is 17.2. The second kappa shape index (κ2) is 9.25. The summed E-state index contributed by atoms with van der Waals surface area (Å²) in [5, 5.41) is 2.86. The van der Waals surface area contributed by atoms with Crippen molar-refractivity contribution in [2.24, 2.45) is 5.41 Å². The fraction of sp³-hybridized carbons (Fsp3) is 0.556. The summed E-state index contributed by atoms with van der Waals surface area (Å²) in [6, 6.07) is 4.90. The molecule has 0 aliphatic carbocycles. The number of anilines is 1. The Hall–Kier alpha value is -2.81. The number of carbonyl (C=O) groups is 2. The summed E-state index contributed by atoms with van der Waals surface area (Å²) in [4.78, 5) is 27.5. The number of carbonyl (C=O) groups excluding carboxylic acids is 2. The minimum Gasteiger partial charge on any atom is -0.461 e. The third-order valence-electron chi connectivity index (χ3n) is 8.05. The van der Waals surface area contributed by atoms with Gasteiger partial charge in [-0.15, -0.1) is 0 Å². The van der Waals surface area contributed by atoms with E-state index in [-0.39, 0.29) is 17.1 Å². The maximum atomic E-state index is 13.5. The molecule has 36 heavy (non-hydrogen) atoms. The van der Waals surface area contributed by atoms with Crippen LogP contribution in [0.2, 0.25) is 0 Å². The summed E-state index contributed by atoms with van der Waals surface area (Å²) in [7, 11) is 0. The van der Waals surface area contributed by atoms with E-state index < -0.39 is 18.1 Å². The summed E-state index contributed by atoms with van der Waals surface area (Å²) >= 11 is 0. The van der Waals surface area contributed by atoms with Gasteiger partial charge in [0.05, 0.1) is 18.2 Å². The molecule has 1 aromatic carbocycles. The number of aromatic nitrogens is 1. The average Bonchev–Trinajstić information content (AvgIpc) is 3.19. The molecule has 3 aliphatic rings. The van der Waals surface area contributed by atoms with Crippen LogP contribution in [-0.2, 0) is 20.7 Å². The molecule has 1 aromatic heterocycles. The van der Waals surface area contributed by atoms with Gasteiger partial charge in [0.15, 0.2) is 0 Å². The molecule has 5 rings (SSSR count). The quantitative estimate of drug-likeness (QED) is 0.382. The second-order valence-electron chi connectivity index (χ2n) is 10.1. The van der Waals surface area contributed by atoms with Crippen LogP contribution in [0.25, 0.3) is 16.6 Å². The first kappa shape index (κ1) is 24.9. The molecule has 2 aromatic rings. The van der Waals surface area contributed by atoms with Gasteiger partial charge in [0.2, 0.25) is 0 Å². The van der Waals surface area contributed by atoms with E-state index in [9.17, 15) is 22.8 Å². The van der Waals surface area contributed by atoms with Crippen LogP contribution < -0.4 is 5.32 Å². The number of nitrogens with zero attached hydrogens (tertiary/aromatic N) is 2. The van der Waals surface area contributed by atoms with Crippen LogP contribution in [0.5, 0.6) is 0 Å². The Balaban J connectivity index is 1.65. The summed E-state index contributed by atoms with van der Waals surface area (Å²) < 4.78 is 46.3. The molecule has 0 radical (unpaired) electrons. The molecule has 194 valence electrons. The molecule has 2 atom stereocenters. The van der Waals surface area contributed by atoms with Crippen molar-refractivity contribution in [2.45, 2.75) is 71.0 Å². The summed E-state index contributed by atoms with van der Waals surface area (Å²) in [6.45, 7) is 6.44. The maximum absolute atomic E-state index is 13.5. The summed E-state index contributed by atoms with van der Waals surface area (Å²) in [5.41, 5.74) is 3.06. The first-order valence-corrected chi connectivity index (χ1v) is 12.9. The van der Waals surface area contributed by atoms with E-state index >= 15 is 0 Å². The minimum atomic E-state index is -4.99. The van der Waals surface area contributed by atoms with Crippen molar-refractivity contribution in [2.75, 3.05) is 25.0 Å². The maximum Gasteiger partial charge on any atom is 0.471 e. The number of ether oxygens (including phenoxy) is 1. The molecular formula is C27H32F3N3O3. The highest BCUT2D eigenvalue weighted by atomic mass is 19.4. The van der Waals surface area contributed by atoms with Gasteiger partial charge >= 0.3 is 18.1 Å². The van der Waals surface area contributed by atoms with Crippen molar-refractivity contribution >= 4 is 34.2 Å². The van der Waals surface area contributed by atoms with Crippen LogP contribution in [0.3, 0.4) is 0 Å². The number of piperidine rings is 1. The Morgan fingerprint density at radius 2 is 2.00 bits per heavy atom. The number of nitrogens with one attached hydrogen (secondary N) is 1. The fourth-order valence-corrected chi connectivity index (χ4v) is 6.35. The largest absolute Gasteiger partial charge is 0.471 e. The summed E-state index contributed by atoms with van der Waals surface area (Å²) in [6.07, 6.45) is 3.51. The summed E-state index contributed by atoms with van der Waals surface area (Å²) in [5.74, 6) is -2.43. The van der Waals surface area contributed by atoms with Gasteiger partial charge < -0.3 is 14.6 Å². The standard InChI is InChI=1S/C27H32F3N3O3/c1-3-5-6-14-36-24(34)21-16-26(4-2)11-7-12-32-13-10-19-18-9-8-17(31-25(35)27(28,29)30)15-20(18)33(21)22(19)23(26)32/h8-9,15-16,23H,3-7,10-14H2,1-2H3,(H,31,35)/t23-,26+/m1/s1. The van der Waals surface area contributed by atoms with E-state index in [0.717, 1.165) is 74.7 Å². The zero-order valence-corrected chi connectivity index (χ0v) is 20.7. The lowest BCUT2D eigenvalue weighted by Crippen LogP contribution is -2.51. The number of esters is 1. The minimum absolute atomic E-state index is 0.0411. The second-order valence-corrected chi connectivity index (χ2v) is 10.1. The van der Waals surface area contributed by atoms with Crippen molar-refractivity contribution in [3.8, 4) is 0 Å². The van der Waals surface area contributed by atoms with Gasteiger partial charge in [-0.25, -0.2) is 4.79 Å². The molecule has 1 saturated heterocycles. The number of hydrogen-bond donors (Lipinski definition) is 1. The van der Waals surface area contributed by atoms with E-state index in [0.29, 0.717) is 17.8 Å². The normalized spacial score (nSPS) is 23.2. The zero-order valence-electron chi connectivity index (χ0n) is 20.7. The molecule has 0 saturated carbocycles. The third-order valence-corrected chi connectivity index (χ3v) is 8.05. The number of alkyl halides is 3. The van der Waals surface area contributed by atoms with Crippen LogP contribution in [0.1, 0.15) is 69.7 Å². The van der Waals surface area contributed by atoms with Crippen molar-refractivity contribution in [3.63, 3.8) is 0 Å². The molecular weight excluding hydrogens is 471 g/mol. The van der Waals surface area contributed by atoms with Gasteiger partial charge in [-0.05, 0) is 62.4 Å². The van der Waals surface area contributed by atoms with Gasteiger partial charge in [-0.3, -0.25) is 9.69 Å². The van der Waals surface area contributed by atoms with Crippen LogP contribution in [0.4, 0.5) is 18.9 Å². The fourth-order valence-electron chi connectivity index (χ4n) is 6.35. The molecule has 6 nitrogen and oxygen atoms in total. The van der Waals surface area contributed by atoms with Gasteiger partial charge in [-0.1, -0.05) is 32.8 Å². The predicted octanol–water partition coefficient (Wildman–Crippen LogP) is 5.82. The number of unbranched alkanes of at least 4 members (excludes halogenated alkanes) is 2. The number of rotatable bonds is 7. The third kappa shape index (κ3) is 4.01. The Morgan fingerprint density at radius 1 is 1.19 bits per heavy atom. The molecule has 0 bridgehead atoms. The van der Waals surface area contributed by atoms with E-state index in [1.54, 1.807) is 12.1 Å². The highest BCUT2D eigenvalue weighted by molar-refractivity contribution is 6.13. The Kier molecular flexibility index (Phi) is 6.39. The highest BCUT2D eigenvalue weighted by Gasteiger charge is 2.51. The number of amides is 1. The van der Waals surface area contributed by atoms with E-state index in [1.807, 2.05) is 9.88 Å². The van der Waals surface area contributed by atoms with E-state index in [1.165, 1.54) is 6.07 Å². The van der Waals surface area contributed by atoms with E-state index in [2.05, 4.69) is 24.8 Å². The predicted molar refractivity (Wildman–Crippen MR) is 131 cm³/mol. The van der Waals surface area contributed by atoms with Crippen molar-refractivity contribution in [1.29, 1.82) is 0 Å². The van der Waals surface area contributed by atoms with Crippen molar-refractivity contribution < 1.29 is 27.5 Å². The smallest absolute Gasteiger partial charge is 0.461 e. The molecule has 0 unspecified atom stereocenters. The lowest BCUT2D eigenvalue weighted by molar-refractivity contribution is -0.167. The van der Waals surface area contributed by atoms with E-state index in [4.69, 9.17) is 4.74 Å². The molecule has 9 heteroatoms. The molecule has 1 N–H and O–H groups in total. The molecule has 0 spiro atoms. The SMILES string of the molecule is CCCCCOC(=O)C1=C[C@]2(CC)CCCN3CCc4c(n1c1cc(NC(=O)C(F)(F)F)ccc41)[C@@H]32. The molecule has 4 heterocycles. The molecule has 1 fully saturated rings. The van der Waals surface area contributed by atoms with Crippen LogP contribution >= 0.6 is 0 Å². The molecule has 1 amide bonds. The average molecular weight is 504 g/mol. The van der Waals surface area contributed by atoms with Gasteiger partial charge in [0, 0.05) is 28.7 Å². The lowest BCUT2D eigenvalue weighted by Gasteiger charge is -2.53. The Labute approximate surface area is 208 Å². The lowest BCUT2D eigenvalue weighted by atomic mass is 9.66. The topological polar surface area (TPSA) is 63.6 Å².